The second kappa shape index (κ2) is 7.29. The van der Waals surface area contributed by atoms with E-state index in [0.717, 1.165) is 31.7 Å². The zero-order valence-electron chi connectivity index (χ0n) is 10.6. The molecule has 1 aromatic carbocycles. The lowest BCUT2D eigenvalue weighted by atomic mass is 10.2. The second-order valence-corrected chi connectivity index (χ2v) is 4.15. The molecule has 16 heavy (non-hydrogen) atoms. The Hall–Kier alpha value is -1.02. The number of rotatable bonds is 7. The summed E-state index contributed by atoms with van der Waals surface area (Å²) >= 11 is 0. The van der Waals surface area contributed by atoms with Crippen LogP contribution in [0.3, 0.4) is 0 Å². The molecule has 90 valence electrons. The van der Waals surface area contributed by atoms with Crippen molar-refractivity contribution < 1.29 is 4.74 Å². The summed E-state index contributed by atoms with van der Waals surface area (Å²) in [6, 6.07) is 8.81. The van der Waals surface area contributed by atoms with Gasteiger partial charge >= 0.3 is 0 Å². The quantitative estimate of drug-likeness (QED) is 0.762. The molecule has 0 aliphatic carbocycles. The molecule has 2 nitrogen and oxygen atoms in total. The molecular weight excluding hydrogens is 198 g/mol. The maximum absolute atomic E-state index is 5.71. The highest BCUT2D eigenvalue weighted by molar-refractivity contribution is 5.33. The molecule has 0 unspecified atom stereocenters. The number of hydrogen-bond donors (Lipinski definition) is 1. The molecule has 0 aliphatic heterocycles. The third kappa shape index (κ3) is 4.23. The Morgan fingerprint density at radius 1 is 1.25 bits per heavy atom. The van der Waals surface area contributed by atoms with Crippen molar-refractivity contribution in [3.05, 3.63) is 29.8 Å². The lowest BCUT2D eigenvalue weighted by Crippen LogP contribution is -2.24. The smallest absolute Gasteiger partial charge is 0.123 e. The zero-order chi connectivity index (χ0) is 11.8. The first-order chi connectivity index (χ1) is 7.77. The fourth-order valence-electron chi connectivity index (χ4n) is 1.43. The summed E-state index contributed by atoms with van der Waals surface area (Å²) in [5.74, 6) is 1.01. The van der Waals surface area contributed by atoms with Crippen LogP contribution in [0.4, 0.5) is 0 Å². The van der Waals surface area contributed by atoms with E-state index in [4.69, 9.17) is 4.74 Å². The van der Waals surface area contributed by atoms with E-state index in [1.54, 1.807) is 0 Å². The third-order valence-electron chi connectivity index (χ3n) is 2.69. The summed E-state index contributed by atoms with van der Waals surface area (Å²) in [7, 11) is 0. The fraction of sp³-hybridized carbons (Fsp3) is 0.571. The van der Waals surface area contributed by atoms with E-state index >= 15 is 0 Å². The Morgan fingerprint density at radius 3 is 2.69 bits per heavy atom. The summed E-state index contributed by atoms with van der Waals surface area (Å²) in [5.41, 5.74) is 1.25. The molecule has 0 fully saturated rings. The molecule has 0 aromatic heterocycles. The van der Waals surface area contributed by atoms with Gasteiger partial charge in [0.15, 0.2) is 0 Å². The predicted octanol–water partition coefficient (Wildman–Crippen LogP) is 3.36. The molecule has 0 aliphatic rings. The van der Waals surface area contributed by atoms with Crippen LogP contribution in [0.15, 0.2) is 24.3 Å². The molecule has 2 heteroatoms. The van der Waals surface area contributed by atoms with Gasteiger partial charge in [-0.3, -0.25) is 0 Å². The molecular formula is C14H23NO. The molecule has 1 aromatic rings. The molecule has 0 radical (unpaired) electrons. The van der Waals surface area contributed by atoms with Crippen LogP contribution >= 0.6 is 0 Å². The van der Waals surface area contributed by atoms with Crippen molar-refractivity contribution in [3.63, 3.8) is 0 Å². The van der Waals surface area contributed by atoms with Gasteiger partial charge in [-0.15, -0.1) is 0 Å². The van der Waals surface area contributed by atoms with Gasteiger partial charge in [-0.25, -0.2) is 0 Å². The van der Waals surface area contributed by atoms with Crippen LogP contribution in [0, 0.1) is 0 Å². The molecule has 0 amide bonds. The molecule has 0 spiro atoms. The van der Waals surface area contributed by atoms with Crippen molar-refractivity contribution in [1.82, 2.24) is 5.32 Å². The van der Waals surface area contributed by atoms with E-state index in [2.05, 4.69) is 38.2 Å². The van der Waals surface area contributed by atoms with Gasteiger partial charge in [0.25, 0.3) is 0 Å². The topological polar surface area (TPSA) is 21.3 Å². The monoisotopic (exact) mass is 221 g/mol. The zero-order valence-corrected chi connectivity index (χ0v) is 10.6. The van der Waals surface area contributed by atoms with Gasteiger partial charge < -0.3 is 10.1 Å². The van der Waals surface area contributed by atoms with E-state index in [9.17, 15) is 0 Å². The number of para-hydroxylation sites is 1. The van der Waals surface area contributed by atoms with Crippen molar-refractivity contribution in [3.8, 4) is 5.75 Å². The summed E-state index contributed by atoms with van der Waals surface area (Å²) in [5, 5.41) is 3.49. The van der Waals surface area contributed by atoms with Gasteiger partial charge in [0.2, 0.25) is 0 Å². The SMILES string of the molecule is CCCOc1ccccc1CN[C@@H](C)CC. The van der Waals surface area contributed by atoms with E-state index in [0.29, 0.717) is 6.04 Å². The highest BCUT2D eigenvalue weighted by Gasteiger charge is 2.03. The molecule has 0 heterocycles. The van der Waals surface area contributed by atoms with E-state index in [1.807, 2.05) is 12.1 Å². The minimum Gasteiger partial charge on any atom is -0.493 e. The minimum atomic E-state index is 0.555. The Labute approximate surface area is 99.0 Å². The minimum absolute atomic E-state index is 0.555. The van der Waals surface area contributed by atoms with Crippen LogP contribution in [0.25, 0.3) is 0 Å². The van der Waals surface area contributed by atoms with Gasteiger partial charge in [0.1, 0.15) is 5.75 Å². The first-order valence-electron chi connectivity index (χ1n) is 6.22. The highest BCUT2D eigenvalue weighted by atomic mass is 16.5. The Kier molecular flexibility index (Phi) is 5.94. The molecule has 1 atom stereocenters. The number of hydrogen-bond acceptors (Lipinski definition) is 2. The van der Waals surface area contributed by atoms with E-state index in [1.165, 1.54) is 5.56 Å². The molecule has 0 saturated heterocycles. The molecule has 1 rings (SSSR count). The van der Waals surface area contributed by atoms with Gasteiger partial charge in [-0.2, -0.15) is 0 Å². The Morgan fingerprint density at radius 2 is 2.00 bits per heavy atom. The first-order valence-corrected chi connectivity index (χ1v) is 6.22. The third-order valence-corrected chi connectivity index (χ3v) is 2.69. The number of nitrogens with one attached hydrogen (secondary N) is 1. The van der Waals surface area contributed by atoms with Crippen LogP contribution in [0.1, 0.15) is 39.2 Å². The summed E-state index contributed by atoms with van der Waals surface area (Å²) in [4.78, 5) is 0. The van der Waals surface area contributed by atoms with Crippen LogP contribution in [0.5, 0.6) is 5.75 Å². The van der Waals surface area contributed by atoms with Gasteiger partial charge in [-0.05, 0) is 25.8 Å². The summed E-state index contributed by atoms with van der Waals surface area (Å²) in [6.07, 6.45) is 2.20. The fourth-order valence-corrected chi connectivity index (χ4v) is 1.43. The van der Waals surface area contributed by atoms with Crippen LogP contribution in [0.2, 0.25) is 0 Å². The Bertz CT molecular complexity index is 299. The lowest BCUT2D eigenvalue weighted by molar-refractivity contribution is 0.312. The van der Waals surface area contributed by atoms with Crippen LogP contribution in [-0.4, -0.2) is 12.6 Å². The summed E-state index contributed by atoms with van der Waals surface area (Å²) < 4.78 is 5.71. The van der Waals surface area contributed by atoms with Gasteiger partial charge in [0, 0.05) is 18.2 Å². The molecule has 0 bridgehead atoms. The lowest BCUT2D eigenvalue weighted by Gasteiger charge is -2.14. The van der Waals surface area contributed by atoms with Crippen molar-refractivity contribution in [2.45, 2.75) is 46.2 Å². The number of benzene rings is 1. The standard InChI is InChI=1S/C14H23NO/c1-4-10-16-14-9-7-6-8-13(14)11-15-12(3)5-2/h6-9,12,15H,4-5,10-11H2,1-3H3/t12-/m0/s1. The average Bonchev–Trinajstić information content (AvgIpc) is 2.34. The van der Waals surface area contributed by atoms with E-state index < -0.39 is 0 Å². The Balaban J connectivity index is 2.56. The molecule has 0 saturated carbocycles. The van der Waals surface area contributed by atoms with Crippen molar-refractivity contribution >= 4 is 0 Å². The normalized spacial score (nSPS) is 12.4. The maximum atomic E-state index is 5.71. The van der Waals surface area contributed by atoms with Crippen LogP contribution in [-0.2, 0) is 6.54 Å². The van der Waals surface area contributed by atoms with E-state index in [-0.39, 0.29) is 0 Å². The predicted molar refractivity (Wildman–Crippen MR) is 68.8 cm³/mol. The largest absolute Gasteiger partial charge is 0.493 e. The maximum Gasteiger partial charge on any atom is 0.123 e. The van der Waals surface area contributed by atoms with Crippen molar-refractivity contribution in [1.29, 1.82) is 0 Å². The first kappa shape index (κ1) is 13.0. The summed E-state index contributed by atoms with van der Waals surface area (Å²) in [6.45, 7) is 8.20. The second-order valence-electron chi connectivity index (χ2n) is 4.15. The van der Waals surface area contributed by atoms with Gasteiger partial charge in [-0.1, -0.05) is 32.0 Å². The molecule has 1 N–H and O–H groups in total. The number of ether oxygens (including phenoxy) is 1. The van der Waals surface area contributed by atoms with Gasteiger partial charge in [0.05, 0.1) is 6.61 Å². The van der Waals surface area contributed by atoms with Crippen molar-refractivity contribution in [2.75, 3.05) is 6.61 Å². The highest BCUT2D eigenvalue weighted by Crippen LogP contribution is 2.18. The van der Waals surface area contributed by atoms with Crippen LogP contribution < -0.4 is 10.1 Å². The average molecular weight is 221 g/mol. The van der Waals surface area contributed by atoms with Crippen molar-refractivity contribution in [2.24, 2.45) is 0 Å².